The molecule has 2 fully saturated rings. The van der Waals surface area contributed by atoms with Gasteiger partial charge in [-0.15, -0.1) is 24.8 Å². The van der Waals surface area contributed by atoms with Crippen molar-refractivity contribution in [1.29, 1.82) is 0 Å². The number of rotatable bonds is 3. The van der Waals surface area contributed by atoms with Gasteiger partial charge in [-0.2, -0.15) is 0 Å². The molecule has 0 aliphatic carbocycles. The molecule has 2 aliphatic heterocycles. The lowest BCUT2D eigenvalue weighted by molar-refractivity contribution is -0.135. The first-order valence-electron chi connectivity index (χ1n) is 10.1. The minimum Gasteiger partial charge on any atom is -0.341 e. The predicted molar refractivity (Wildman–Crippen MR) is 119 cm³/mol. The second-order valence-electron chi connectivity index (χ2n) is 8.05. The minimum atomic E-state index is 0. The van der Waals surface area contributed by atoms with Crippen molar-refractivity contribution < 1.29 is 4.79 Å². The monoisotopic (exact) mass is 426 g/mol. The highest BCUT2D eigenvalue weighted by Gasteiger charge is 2.32. The Morgan fingerprint density at radius 3 is 2.64 bits per heavy atom. The van der Waals surface area contributed by atoms with Crippen LogP contribution >= 0.6 is 24.8 Å². The van der Waals surface area contributed by atoms with Crippen LogP contribution < -0.4 is 5.32 Å². The highest BCUT2D eigenvalue weighted by Crippen LogP contribution is 2.32. The number of amides is 1. The van der Waals surface area contributed by atoms with Crippen LogP contribution in [0.15, 0.2) is 24.3 Å². The Morgan fingerprint density at radius 2 is 1.93 bits per heavy atom. The van der Waals surface area contributed by atoms with E-state index in [1.165, 1.54) is 11.9 Å². The maximum Gasteiger partial charge on any atom is 0.239 e. The number of nitrogens with one attached hydrogen (secondary N) is 1. The molecule has 5 nitrogen and oxygen atoms in total. The molecule has 1 unspecified atom stereocenters. The number of likely N-dealkylation sites (tertiary alicyclic amines) is 1. The Morgan fingerprint density at radius 1 is 1.14 bits per heavy atom. The fourth-order valence-electron chi connectivity index (χ4n) is 4.56. The van der Waals surface area contributed by atoms with Crippen molar-refractivity contribution in [3.05, 3.63) is 30.1 Å². The lowest BCUT2D eigenvalue weighted by atomic mass is 9.95. The van der Waals surface area contributed by atoms with Gasteiger partial charge in [-0.1, -0.05) is 18.6 Å². The smallest absolute Gasteiger partial charge is 0.239 e. The Bertz CT molecular complexity index is 786. The zero-order valence-electron chi connectivity index (χ0n) is 16.8. The Balaban J connectivity index is 0.00000140. The third-order valence-corrected chi connectivity index (χ3v) is 5.85. The lowest BCUT2D eigenvalue weighted by Crippen LogP contribution is -2.51. The van der Waals surface area contributed by atoms with Gasteiger partial charge in [-0.3, -0.25) is 4.79 Å². The zero-order chi connectivity index (χ0) is 18.1. The standard InChI is InChI=1S/C21H30N4O.2ClH/c1-15(2)25-19-11-4-3-9-17(19)23-20(25)16-8-7-13-24(14-16)21(26)18-10-5-6-12-22-18;;/h3-4,9,11,15-16,18,22H,5-8,10,12-14H2,1-2H3;2*1H/t16?,18-;;/m1../s1. The number of carbonyl (C=O) groups is 1. The van der Waals surface area contributed by atoms with Crippen LogP contribution in [0.5, 0.6) is 0 Å². The Labute approximate surface area is 180 Å². The summed E-state index contributed by atoms with van der Waals surface area (Å²) in [6, 6.07) is 8.77. The molecule has 1 N–H and O–H groups in total. The molecule has 1 aromatic carbocycles. The topological polar surface area (TPSA) is 50.2 Å². The average molecular weight is 427 g/mol. The number of fused-ring (bicyclic) bond motifs is 1. The molecule has 7 heteroatoms. The molecule has 2 saturated heterocycles. The van der Waals surface area contributed by atoms with Crippen LogP contribution in [0.3, 0.4) is 0 Å². The Kier molecular flexibility index (Phi) is 8.17. The molecule has 4 rings (SSSR count). The van der Waals surface area contributed by atoms with E-state index in [0.29, 0.717) is 17.9 Å². The number of halogens is 2. The molecule has 28 heavy (non-hydrogen) atoms. The summed E-state index contributed by atoms with van der Waals surface area (Å²) in [5.41, 5.74) is 2.27. The summed E-state index contributed by atoms with van der Waals surface area (Å²) in [5.74, 6) is 1.77. The van der Waals surface area contributed by atoms with Crippen molar-refractivity contribution in [3.8, 4) is 0 Å². The highest BCUT2D eigenvalue weighted by atomic mass is 35.5. The molecule has 3 heterocycles. The summed E-state index contributed by atoms with van der Waals surface area (Å²) in [5, 5.41) is 3.41. The molecular formula is C21H32Cl2N4O. The molecule has 1 aromatic heterocycles. The minimum absolute atomic E-state index is 0. The second-order valence-corrected chi connectivity index (χ2v) is 8.05. The largest absolute Gasteiger partial charge is 0.341 e. The van der Waals surface area contributed by atoms with Crippen molar-refractivity contribution in [2.45, 2.75) is 64.0 Å². The van der Waals surface area contributed by atoms with Gasteiger partial charge in [0.25, 0.3) is 0 Å². The summed E-state index contributed by atoms with van der Waals surface area (Å²) in [6.07, 6.45) is 5.49. The quantitative estimate of drug-likeness (QED) is 0.794. The molecule has 2 atom stereocenters. The molecule has 0 saturated carbocycles. The van der Waals surface area contributed by atoms with Gasteiger partial charge in [0, 0.05) is 25.0 Å². The van der Waals surface area contributed by atoms with Crippen LogP contribution in [-0.4, -0.2) is 46.0 Å². The first-order valence-corrected chi connectivity index (χ1v) is 10.1. The van der Waals surface area contributed by atoms with Crippen LogP contribution in [0.2, 0.25) is 0 Å². The number of piperidine rings is 2. The van der Waals surface area contributed by atoms with Crippen molar-refractivity contribution in [1.82, 2.24) is 19.8 Å². The van der Waals surface area contributed by atoms with Crippen LogP contribution in [0.4, 0.5) is 0 Å². The number of nitrogens with zero attached hydrogens (tertiary/aromatic N) is 3. The van der Waals surface area contributed by atoms with E-state index in [0.717, 1.165) is 56.7 Å². The third kappa shape index (κ3) is 4.47. The van der Waals surface area contributed by atoms with Gasteiger partial charge in [-0.25, -0.2) is 4.98 Å². The number of benzene rings is 1. The van der Waals surface area contributed by atoms with E-state index in [-0.39, 0.29) is 30.9 Å². The van der Waals surface area contributed by atoms with Gasteiger partial charge in [0.2, 0.25) is 5.91 Å². The van der Waals surface area contributed by atoms with E-state index in [9.17, 15) is 4.79 Å². The summed E-state index contributed by atoms with van der Waals surface area (Å²) in [7, 11) is 0. The van der Waals surface area contributed by atoms with Crippen LogP contribution in [-0.2, 0) is 4.79 Å². The van der Waals surface area contributed by atoms with E-state index in [1.807, 2.05) is 0 Å². The van der Waals surface area contributed by atoms with E-state index in [4.69, 9.17) is 4.98 Å². The van der Waals surface area contributed by atoms with Gasteiger partial charge in [0.15, 0.2) is 0 Å². The summed E-state index contributed by atoms with van der Waals surface area (Å²) in [6.45, 7) is 7.09. The normalized spacial score (nSPS) is 22.6. The van der Waals surface area contributed by atoms with Crippen LogP contribution in [0.1, 0.15) is 63.7 Å². The zero-order valence-corrected chi connectivity index (χ0v) is 18.4. The van der Waals surface area contributed by atoms with Crippen LogP contribution in [0.25, 0.3) is 11.0 Å². The molecule has 2 aromatic rings. The number of aromatic nitrogens is 2. The predicted octanol–water partition coefficient (Wildman–Crippen LogP) is 4.31. The average Bonchev–Trinajstić information content (AvgIpc) is 3.08. The van der Waals surface area contributed by atoms with Crippen molar-refractivity contribution in [2.24, 2.45) is 0 Å². The lowest BCUT2D eigenvalue weighted by Gasteiger charge is -2.36. The number of hydrogen-bond donors (Lipinski definition) is 1. The van der Waals surface area contributed by atoms with E-state index in [2.05, 4.69) is 52.9 Å². The van der Waals surface area contributed by atoms with Gasteiger partial charge in [-0.05, 0) is 58.2 Å². The van der Waals surface area contributed by atoms with Gasteiger partial charge in [0.1, 0.15) is 5.82 Å². The first-order chi connectivity index (χ1) is 12.6. The summed E-state index contributed by atoms with van der Waals surface area (Å²) in [4.78, 5) is 20.0. The van der Waals surface area contributed by atoms with Crippen molar-refractivity contribution >= 4 is 41.8 Å². The molecule has 0 bridgehead atoms. The molecule has 2 aliphatic rings. The van der Waals surface area contributed by atoms with E-state index >= 15 is 0 Å². The third-order valence-electron chi connectivity index (χ3n) is 5.85. The Hall–Kier alpha value is -1.30. The molecule has 0 spiro atoms. The van der Waals surface area contributed by atoms with Gasteiger partial charge in [0.05, 0.1) is 17.1 Å². The SMILES string of the molecule is CC(C)n1c(C2CCCN(C(=O)[C@H]3CCCCN3)C2)nc2ccccc21.Cl.Cl. The molecule has 1 amide bonds. The maximum absolute atomic E-state index is 13.0. The van der Waals surface area contributed by atoms with E-state index < -0.39 is 0 Å². The fourth-order valence-corrected chi connectivity index (χ4v) is 4.56. The second kappa shape index (κ2) is 9.95. The number of hydrogen-bond acceptors (Lipinski definition) is 3. The van der Waals surface area contributed by atoms with E-state index in [1.54, 1.807) is 0 Å². The maximum atomic E-state index is 13.0. The molecule has 156 valence electrons. The fraction of sp³-hybridized carbons (Fsp3) is 0.619. The number of carbonyl (C=O) groups excluding carboxylic acids is 1. The molecular weight excluding hydrogens is 395 g/mol. The van der Waals surface area contributed by atoms with Gasteiger partial charge >= 0.3 is 0 Å². The molecule has 0 radical (unpaired) electrons. The summed E-state index contributed by atoms with van der Waals surface area (Å²) < 4.78 is 2.37. The van der Waals surface area contributed by atoms with Crippen molar-refractivity contribution in [2.75, 3.05) is 19.6 Å². The first kappa shape index (κ1) is 23.0. The number of para-hydroxylation sites is 2. The van der Waals surface area contributed by atoms with Gasteiger partial charge < -0.3 is 14.8 Å². The number of imidazole rings is 1. The van der Waals surface area contributed by atoms with Crippen LogP contribution in [0, 0.1) is 0 Å². The highest BCUT2D eigenvalue weighted by molar-refractivity contribution is 5.85. The van der Waals surface area contributed by atoms with Crippen molar-refractivity contribution in [3.63, 3.8) is 0 Å². The summed E-state index contributed by atoms with van der Waals surface area (Å²) >= 11 is 0.